The molecule has 122 valence electrons. The minimum atomic E-state index is 0.792. The number of benzene rings is 3. The molecule has 3 aromatic heterocycles. The van der Waals surface area contributed by atoms with E-state index in [1.54, 1.807) is 0 Å². The minimum absolute atomic E-state index is 0.792. The zero-order valence-corrected chi connectivity index (χ0v) is 13.8. The first-order valence-corrected chi connectivity index (χ1v) is 8.62. The van der Waals surface area contributed by atoms with Crippen LogP contribution < -0.4 is 0 Å². The van der Waals surface area contributed by atoms with Crippen molar-refractivity contribution < 1.29 is 0 Å². The normalized spacial score (nSPS) is 11.8. The molecule has 0 amide bonds. The summed E-state index contributed by atoms with van der Waals surface area (Å²) >= 11 is 0. The Hall–Kier alpha value is -3.66. The largest absolute Gasteiger partial charge is 0.323 e. The Morgan fingerprint density at radius 2 is 1.54 bits per heavy atom. The Kier molecular flexibility index (Phi) is 2.58. The van der Waals surface area contributed by atoms with E-state index < -0.39 is 0 Å². The maximum absolute atomic E-state index is 4.80. The van der Waals surface area contributed by atoms with Gasteiger partial charge in [-0.15, -0.1) is 0 Å². The van der Waals surface area contributed by atoms with Gasteiger partial charge < -0.3 is 4.98 Å². The Labute approximate surface area is 148 Å². The van der Waals surface area contributed by atoms with Crippen molar-refractivity contribution in [3.8, 4) is 5.95 Å². The average molecular weight is 334 g/mol. The molecule has 0 saturated heterocycles. The standard InChI is InChI=1S/C22H14N4/c1-2-8-15-14(7-1)13-23-21-20(15)16-9-3-6-12-19(16)26(21)22-24-17-10-4-5-11-18(17)25-22/h1-13H,(H,24,25). The molecule has 0 fully saturated rings. The van der Waals surface area contributed by atoms with E-state index in [9.17, 15) is 0 Å². The predicted molar refractivity (Wildman–Crippen MR) is 106 cm³/mol. The number of pyridine rings is 1. The number of aromatic amines is 1. The zero-order chi connectivity index (χ0) is 17.1. The molecule has 0 saturated carbocycles. The highest BCUT2D eigenvalue weighted by Gasteiger charge is 2.17. The van der Waals surface area contributed by atoms with E-state index in [4.69, 9.17) is 9.97 Å². The lowest BCUT2D eigenvalue weighted by Gasteiger charge is -2.03. The Morgan fingerprint density at radius 1 is 0.769 bits per heavy atom. The highest BCUT2D eigenvalue weighted by atomic mass is 15.2. The van der Waals surface area contributed by atoms with Crippen molar-refractivity contribution in [3.05, 3.63) is 79.0 Å². The fourth-order valence-corrected chi connectivity index (χ4v) is 3.84. The number of imidazole rings is 1. The molecule has 0 aliphatic carbocycles. The van der Waals surface area contributed by atoms with Gasteiger partial charge in [0.1, 0.15) is 5.65 Å². The lowest BCUT2D eigenvalue weighted by molar-refractivity contribution is 1.03. The summed E-state index contributed by atoms with van der Waals surface area (Å²) in [5, 5.41) is 4.71. The van der Waals surface area contributed by atoms with E-state index in [0.717, 1.165) is 33.5 Å². The fourth-order valence-electron chi connectivity index (χ4n) is 3.84. The molecule has 6 aromatic rings. The van der Waals surface area contributed by atoms with E-state index in [0.29, 0.717) is 0 Å². The molecule has 0 spiro atoms. The Balaban J connectivity index is 1.84. The first-order valence-electron chi connectivity index (χ1n) is 8.62. The fraction of sp³-hybridized carbons (Fsp3) is 0. The summed E-state index contributed by atoms with van der Waals surface area (Å²) in [6.07, 6.45) is 1.94. The maximum atomic E-state index is 4.80. The molecule has 0 aliphatic rings. The number of nitrogens with one attached hydrogen (secondary N) is 1. The van der Waals surface area contributed by atoms with Crippen molar-refractivity contribution in [2.24, 2.45) is 0 Å². The quantitative estimate of drug-likeness (QED) is 0.449. The molecule has 0 radical (unpaired) electrons. The number of fused-ring (bicyclic) bond motifs is 6. The predicted octanol–water partition coefficient (Wildman–Crippen LogP) is 5.21. The molecule has 0 bridgehead atoms. The number of para-hydroxylation sites is 3. The van der Waals surface area contributed by atoms with Crippen molar-refractivity contribution in [2.75, 3.05) is 0 Å². The summed E-state index contributed by atoms with van der Waals surface area (Å²) in [6, 6.07) is 24.9. The third-order valence-corrected chi connectivity index (χ3v) is 4.99. The monoisotopic (exact) mass is 334 g/mol. The summed E-state index contributed by atoms with van der Waals surface area (Å²) in [6.45, 7) is 0. The third-order valence-electron chi connectivity index (χ3n) is 4.99. The van der Waals surface area contributed by atoms with Crippen LogP contribution in [0, 0.1) is 0 Å². The lowest BCUT2D eigenvalue weighted by atomic mass is 10.1. The first kappa shape index (κ1) is 13.6. The molecule has 4 heteroatoms. The van der Waals surface area contributed by atoms with Gasteiger partial charge in [0.15, 0.2) is 0 Å². The summed E-state index contributed by atoms with van der Waals surface area (Å²) < 4.78 is 2.12. The summed E-state index contributed by atoms with van der Waals surface area (Å²) in [7, 11) is 0. The van der Waals surface area contributed by atoms with Crippen LogP contribution in [0.4, 0.5) is 0 Å². The molecular formula is C22H14N4. The van der Waals surface area contributed by atoms with E-state index in [1.807, 2.05) is 36.5 Å². The lowest BCUT2D eigenvalue weighted by Crippen LogP contribution is -1.97. The topological polar surface area (TPSA) is 46.5 Å². The molecule has 3 heterocycles. The molecule has 0 unspecified atom stereocenters. The van der Waals surface area contributed by atoms with Gasteiger partial charge in [0.05, 0.1) is 16.6 Å². The van der Waals surface area contributed by atoms with E-state index >= 15 is 0 Å². The van der Waals surface area contributed by atoms with Gasteiger partial charge >= 0.3 is 0 Å². The van der Waals surface area contributed by atoms with Crippen LogP contribution >= 0.6 is 0 Å². The molecule has 0 atom stereocenters. The molecule has 4 nitrogen and oxygen atoms in total. The van der Waals surface area contributed by atoms with Gasteiger partial charge in [-0.2, -0.15) is 0 Å². The van der Waals surface area contributed by atoms with Crippen molar-refractivity contribution in [3.63, 3.8) is 0 Å². The summed E-state index contributed by atoms with van der Waals surface area (Å²) in [4.78, 5) is 13.0. The van der Waals surface area contributed by atoms with Crippen molar-refractivity contribution in [2.45, 2.75) is 0 Å². The Bertz CT molecular complexity index is 1410. The number of nitrogens with zero attached hydrogens (tertiary/aromatic N) is 3. The van der Waals surface area contributed by atoms with Crippen LogP contribution in [0.2, 0.25) is 0 Å². The number of hydrogen-bond donors (Lipinski definition) is 1. The van der Waals surface area contributed by atoms with Crippen LogP contribution in [0.25, 0.3) is 49.7 Å². The first-order chi connectivity index (χ1) is 12.9. The summed E-state index contributed by atoms with van der Waals surface area (Å²) in [5.74, 6) is 0.792. The van der Waals surface area contributed by atoms with Gasteiger partial charge in [0, 0.05) is 22.4 Å². The molecular weight excluding hydrogens is 320 g/mol. The van der Waals surface area contributed by atoms with Gasteiger partial charge in [0.25, 0.3) is 0 Å². The molecule has 0 aliphatic heterocycles. The van der Waals surface area contributed by atoms with Gasteiger partial charge in [-0.25, -0.2) is 9.97 Å². The van der Waals surface area contributed by atoms with E-state index in [1.165, 1.54) is 16.2 Å². The van der Waals surface area contributed by atoms with Crippen LogP contribution in [0.5, 0.6) is 0 Å². The van der Waals surface area contributed by atoms with E-state index in [2.05, 4.69) is 52.0 Å². The Morgan fingerprint density at radius 3 is 2.46 bits per heavy atom. The number of H-pyrrole nitrogens is 1. The number of aromatic nitrogens is 4. The van der Waals surface area contributed by atoms with Crippen molar-refractivity contribution in [1.29, 1.82) is 0 Å². The van der Waals surface area contributed by atoms with Crippen LogP contribution in [0.1, 0.15) is 0 Å². The minimum Gasteiger partial charge on any atom is -0.323 e. The second-order valence-corrected chi connectivity index (χ2v) is 6.47. The molecule has 26 heavy (non-hydrogen) atoms. The number of hydrogen-bond acceptors (Lipinski definition) is 2. The molecule has 3 aromatic carbocycles. The third kappa shape index (κ3) is 1.73. The van der Waals surface area contributed by atoms with Gasteiger partial charge in [-0.05, 0) is 23.6 Å². The van der Waals surface area contributed by atoms with Crippen LogP contribution in [0.3, 0.4) is 0 Å². The number of rotatable bonds is 1. The van der Waals surface area contributed by atoms with Crippen LogP contribution in [-0.2, 0) is 0 Å². The summed E-state index contributed by atoms with van der Waals surface area (Å²) in [5.41, 5.74) is 4.00. The second kappa shape index (κ2) is 4.92. The maximum Gasteiger partial charge on any atom is 0.214 e. The van der Waals surface area contributed by atoms with Crippen molar-refractivity contribution in [1.82, 2.24) is 19.5 Å². The zero-order valence-electron chi connectivity index (χ0n) is 13.8. The smallest absolute Gasteiger partial charge is 0.214 e. The highest BCUT2D eigenvalue weighted by molar-refractivity contribution is 6.19. The van der Waals surface area contributed by atoms with Gasteiger partial charge in [-0.1, -0.05) is 54.6 Å². The molecule has 1 N–H and O–H groups in total. The van der Waals surface area contributed by atoms with Crippen LogP contribution in [0.15, 0.2) is 79.0 Å². The average Bonchev–Trinajstić information content (AvgIpc) is 3.26. The van der Waals surface area contributed by atoms with Gasteiger partial charge in [-0.3, -0.25) is 4.57 Å². The SMILES string of the molecule is c1ccc2c(c1)cnc1c2c2ccccc2n1-c1nc2ccccc2[nH]1. The second-order valence-electron chi connectivity index (χ2n) is 6.47. The van der Waals surface area contributed by atoms with Crippen LogP contribution in [-0.4, -0.2) is 19.5 Å². The molecule has 6 rings (SSSR count). The van der Waals surface area contributed by atoms with Gasteiger partial charge in [0.2, 0.25) is 5.95 Å². The van der Waals surface area contributed by atoms with E-state index in [-0.39, 0.29) is 0 Å². The van der Waals surface area contributed by atoms with Crippen molar-refractivity contribution >= 4 is 43.7 Å². The highest BCUT2D eigenvalue weighted by Crippen LogP contribution is 2.34.